The van der Waals surface area contributed by atoms with Crippen LogP contribution in [0, 0.1) is 13.8 Å². The number of hydrogen-bond donors (Lipinski definition) is 1. The third-order valence-corrected chi connectivity index (χ3v) is 3.13. The normalized spacial score (nSPS) is 12.7. The molecule has 0 bridgehead atoms. The number of halogens is 1. The maximum Gasteiger partial charge on any atom is 0.106 e. The Kier molecular flexibility index (Phi) is 3.55. The minimum absolute atomic E-state index is 0.143. The van der Waals surface area contributed by atoms with Gasteiger partial charge in [0.05, 0.1) is 6.04 Å². The molecule has 0 fully saturated rings. The lowest BCUT2D eigenvalue weighted by Gasteiger charge is -2.16. The van der Waals surface area contributed by atoms with Crippen LogP contribution in [0.2, 0.25) is 5.02 Å². The van der Waals surface area contributed by atoms with Crippen molar-refractivity contribution in [1.29, 1.82) is 0 Å². The highest BCUT2D eigenvalue weighted by atomic mass is 35.5. The summed E-state index contributed by atoms with van der Waals surface area (Å²) in [7, 11) is 1.95. The molecule has 0 spiro atoms. The summed E-state index contributed by atoms with van der Waals surface area (Å²) in [5.41, 5.74) is 2.35. The van der Waals surface area contributed by atoms with Gasteiger partial charge < -0.3 is 9.73 Å². The Bertz CT molecular complexity index is 501. The third kappa shape index (κ3) is 2.54. The summed E-state index contributed by atoms with van der Waals surface area (Å²) < 4.78 is 5.58. The molecular weight excluding hydrogens is 234 g/mol. The Morgan fingerprint density at radius 1 is 1.18 bits per heavy atom. The summed E-state index contributed by atoms with van der Waals surface area (Å²) in [4.78, 5) is 0. The standard InChI is InChI=1S/C14H16ClNO/c1-9-8-13(10(2)17-9)14(16-3)11-4-6-12(15)7-5-11/h4-8,14,16H,1-3H3. The molecule has 0 amide bonds. The highest BCUT2D eigenvalue weighted by Gasteiger charge is 2.17. The van der Waals surface area contributed by atoms with Crippen molar-refractivity contribution < 1.29 is 4.42 Å². The molecule has 2 rings (SSSR count). The maximum atomic E-state index is 5.90. The predicted molar refractivity (Wildman–Crippen MR) is 70.5 cm³/mol. The summed E-state index contributed by atoms with van der Waals surface area (Å²) in [5.74, 6) is 1.89. The molecule has 0 aliphatic heterocycles. The van der Waals surface area contributed by atoms with Crippen molar-refractivity contribution in [2.75, 3.05) is 7.05 Å². The Morgan fingerprint density at radius 3 is 2.29 bits per heavy atom. The van der Waals surface area contributed by atoms with Crippen LogP contribution in [-0.2, 0) is 0 Å². The quantitative estimate of drug-likeness (QED) is 0.894. The van der Waals surface area contributed by atoms with Gasteiger partial charge in [0.1, 0.15) is 11.5 Å². The fraction of sp³-hybridized carbons (Fsp3) is 0.286. The fourth-order valence-electron chi connectivity index (χ4n) is 2.09. The van der Waals surface area contributed by atoms with Crippen molar-refractivity contribution in [2.45, 2.75) is 19.9 Å². The Hall–Kier alpha value is -1.25. The van der Waals surface area contributed by atoms with Crippen molar-refractivity contribution in [3.05, 3.63) is 58.0 Å². The Morgan fingerprint density at radius 2 is 1.82 bits per heavy atom. The zero-order valence-corrected chi connectivity index (χ0v) is 11.0. The second-order valence-electron chi connectivity index (χ2n) is 4.14. The van der Waals surface area contributed by atoms with Gasteiger partial charge >= 0.3 is 0 Å². The van der Waals surface area contributed by atoms with Crippen LogP contribution < -0.4 is 5.32 Å². The van der Waals surface area contributed by atoms with E-state index in [1.165, 1.54) is 11.1 Å². The first-order chi connectivity index (χ1) is 8.11. The van der Waals surface area contributed by atoms with E-state index in [1.54, 1.807) is 0 Å². The molecule has 0 radical (unpaired) electrons. The molecule has 0 saturated carbocycles. The van der Waals surface area contributed by atoms with Crippen LogP contribution in [-0.4, -0.2) is 7.05 Å². The molecular formula is C14H16ClNO. The number of furan rings is 1. The summed E-state index contributed by atoms with van der Waals surface area (Å²) in [5, 5.41) is 4.06. The van der Waals surface area contributed by atoms with Crippen molar-refractivity contribution in [3.63, 3.8) is 0 Å². The third-order valence-electron chi connectivity index (χ3n) is 2.88. The van der Waals surface area contributed by atoms with Crippen molar-refractivity contribution in [2.24, 2.45) is 0 Å². The number of hydrogen-bond acceptors (Lipinski definition) is 2. The fourth-order valence-corrected chi connectivity index (χ4v) is 2.22. The van der Waals surface area contributed by atoms with Crippen LogP contribution in [0.5, 0.6) is 0 Å². The molecule has 2 nitrogen and oxygen atoms in total. The second kappa shape index (κ2) is 4.94. The lowest BCUT2D eigenvalue weighted by molar-refractivity contribution is 0.497. The molecule has 1 aromatic heterocycles. The van der Waals surface area contributed by atoms with Crippen molar-refractivity contribution in [3.8, 4) is 0 Å². The van der Waals surface area contributed by atoms with Crippen LogP contribution in [0.25, 0.3) is 0 Å². The van der Waals surface area contributed by atoms with Crippen molar-refractivity contribution >= 4 is 11.6 Å². The average Bonchev–Trinajstić information content (AvgIpc) is 2.62. The molecule has 1 unspecified atom stereocenters. The molecule has 1 atom stereocenters. The van der Waals surface area contributed by atoms with Gasteiger partial charge in [-0.1, -0.05) is 23.7 Å². The van der Waals surface area contributed by atoms with Crippen LogP contribution in [0.3, 0.4) is 0 Å². The molecule has 1 aromatic carbocycles. The van der Waals surface area contributed by atoms with E-state index in [2.05, 4.69) is 11.4 Å². The topological polar surface area (TPSA) is 25.2 Å². The Labute approximate surface area is 107 Å². The van der Waals surface area contributed by atoms with E-state index in [1.807, 2.05) is 45.2 Å². The minimum atomic E-state index is 0.143. The van der Waals surface area contributed by atoms with Gasteiger partial charge in [0.2, 0.25) is 0 Å². The van der Waals surface area contributed by atoms with Gasteiger partial charge in [-0.05, 0) is 44.7 Å². The van der Waals surface area contributed by atoms with Gasteiger partial charge in [0.25, 0.3) is 0 Å². The first-order valence-electron chi connectivity index (χ1n) is 5.61. The lowest BCUT2D eigenvalue weighted by atomic mass is 9.99. The van der Waals surface area contributed by atoms with Gasteiger partial charge in [-0.2, -0.15) is 0 Å². The molecule has 2 aromatic rings. The molecule has 17 heavy (non-hydrogen) atoms. The number of nitrogens with one attached hydrogen (secondary N) is 1. The SMILES string of the molecule is CNC(c1ccc(Cl)cc1)c1cc(C)oc1C. The van der Waals surface area contributed by atoms with Gasteiger partial charge in [0.15, 0.2) is 0 Å². The number of rotatable bonds is 3. The summed E-state index contributed by atoms with van der Waals surface area (Å²) in [6, 6.07) is 10.1. The largest absolute Gasteiger partial charge is 0.466 e. The molecule has 1 heterocycles. The van der Waals surface area contributed by atoms with Crippen LogP contribution >= 0.6 is 11.6 Å². The monoisotopic (exact) mass is 249 g/mol. The van der Waals surface area contributed by atoms with Gasteiger partial charge in [0, 0.05) is 10.6 Å². The van der Waals surface area contributed by atoms with Crippen LogP contribution in [0.15, 0.2) is 34.7 Å². The van der Waals surface area contributed by atoms with E-state index < -0.39 is 0 Å². The van der Waals surface area contributed by atoms with Crippen LogP contribution in [0.1, 0.15) is 28.7 Å². The smallest absolute Gasteiger partial charge is 0.106 e. The maximum absolute atomic E-state index is 5.90. The van der Waals surface area contributed by atoms with E-state index in [0.29, 0.717) is 0 Å². The van der Waals surface area contributed by atoms with E-state index in [9.17, 15) is 0 Å². The van der Waals surface area contributed by atoms with Crippen molar-refractivity contribution in [1.82, 2.24) is 5.32 Å². The molecule has 3 heteroatoms. The van der Waals surface area contributed by atoms with Gasteiger partial charge in [-0.15, -0.1) is 0 Å². The highest BCUT2D eigenvalue weighted by Crippen LogP contribution is 2.27. The number of benzene rings is 1. The first-order valence-corrected chi connectivity index (χ1v) is 5.99. The Balaban J connectivity index is 2.39. The van der Waals surface area contributed by atoms with Gasteiger partial charge in [-0.25, -0.2) is 0 Å². The highest BCUT2D eigenvalue weighted by molar-refractivity contribution is 6.30. The summed E-state index contributed by atoms with van der Waals surface area (Å²) in [6.07, 6.45) is 0. The van der Waals surface area contributed by atoms with E-state index in [4.69, 9.17) is 16.0 Å². The first kappa shape index (κ1) is 12.2. The lowest BCUT2D eigenvalue weighted by Crippen LogP contribution is -2.17. The van der Waals surface area contributed by atoms with E-state index >= 15 is 0 Å². The van der Waals surface area contributed by atoms with Gasteiger partial charge in [-0.3, -0.25) is 0 Å². The zero-order valence-electron chi connectivity index (χ0n) is 10.3. The molecule has 90 valence electrons. The predicted octanol–water partition coefficient (Wildman–Crippen LogP) is 3.86. The summed E-state index contributed by atoms with van der Waals surface area (Å²) in [6.45, 7) is 3.95. The number of aryl methyl sites for hydroxylation is 2. The second-order valence-corrected chi connectivity index (χ2v) is 4.58. The van der Waals surface area contributed by atoms with E-state index in [0.717, 1.165) is 16.5 Å². The molecule has 1 N–H and O–H groups in total. The molecule has 0 saturated heterocycles. The van der Waals surface area contributed by atoms with Crippen LogP contribution in [0.4, 0.5) is 0 Å². The minimum Gasteiger partial charge on any atom is -0.466 e. The zero-order chi connectivity index (χ0) is 12.4. The molecule has 0 aliphatic rings. The summed E-state index contributed by atoms with van der Waals surface area (Å²) >= 11 is 5.90. The van der Waals surface area contributed by atoms with E-state index in [-0.39, 0.29) is 6.04 Å². The average molecular weight is 250 g/mol. The molecule has 0 aliphatic carbocycles.